The zero-order valence-corrected chi connectivity index (χ0v) is 35.7. The van der Waals surface area contributed by atoms with Crippen LogP contribution in [0.15, 0.2) is 97.2 Å². The first-order chi connectivity index (χ1) is 28.0. The Morgan fingerprint density at radius 2 is 0.966 bits per heavy atom. The van der Waals surface area contributed by atoms with Crippen LogP contribution < -0.4 is 0 Å². The highest BCUT2D eigenvalue weighted by Gasteiger charge is 2.51. The van der Waals surface area contributed by atoms with E-state index in [1.165, 1.54) is 0 Å². The molecule has 0 radical (unpaired) electrons. The fraction of sp³-hybridized carbons (Fsp3) is 0.622. The Hall–Kier alpha value is -2.74. The summed E-state index contributed by atoms with van der Waals surface area (Å²) in [6, 6.07) is 0. The number of hydrogen-bond donors (Lipinski definition) is 6. The van der Waals surface area contributed by atoms with Crippen molar-refractivity contribution in [3.63, 3.8) is 0 Å². The van der Waals surface area contributed by atoms with E-state index < -0.39 is 63.1 Å². The summed E-state index contributed by atoms with van der Waals surface area (Å²) in [6.45, 7) is 3.85. The summed E-state index contributed by atoms with van der Waals surface area (Å²) in [7, 11) is -5.04. The Balaban J connectivity index is 2.50. The van der Waals surface area contributed by atoms with Gasteiger partial charge in [0.05, 0.1) is 13.2 Å². The predicted octanol–water partition coefficient (Wildman–Crippen LogP) is 7.97. The number of allylic oxidation sites excluding steroid dienone is 16. The lowest BCUT2D eigenvalue weighted by Crippen LogP contribution is -2.64. The molecule has 1 aliphatic carbocycles. The predicted molar refractivity (Wildman–Crippen MR) is 230 cm³/mol. The number of carbonyl (C=O) groups is 1. The highest BCUT2D eigenvalue weighted by atomic mass is 31.2. The van der Waals surface area contributed by atoms with Crippen molar-refractivity contribution in [2.45, 2.75) is 159 Å². The van der Waals surface area contributed by atoms with Gasteiger partial charge in [-0.2, -0.15) is 0 Å². The van der Waals surface area contributed by atoms with Crippen molar-refractivity contribution < 1.29 is 58.3 Å². The third kappa shape index (κ3) is 27.1. The molecule has 0 aromatic rings. The molecule has 0 heterocycles. The highest BCUT2D eigenvalue weighted by molar-refractivity contribution is 7.47. The number of aliphatic hydroxyl groups excluding tert-OH is 5. The lowest BCUT2D eigenvalue weighted by atomic mass is 9.85. The van der Waals surface area contributed by atoms with Crippen LogP contribution in [0.4, 0.5) is 0 Å². The van der Waals surface area contributed by atoms with E-state index in [-0.39, 0.29) is 13.0 Å². The van der Waals surface area contributed by atoms with Gasteiger partial charge in [0.25, 0.3) is 0 Å². The van der Waals surface area contributed by atoms with Crippen molar-refractivity contribution >= 4 is 13.8 Å². The van der Waals surface area contributed by atoms with Crippen LogP contribution in [0, 0.1) is 0 Å². The Morgan fingerprint density at radius 1 is 0.552 bits per heavy atom. The summed E-state index contributed by atoms with van der Waals surface area (Å²) < 4.78 is 34.0. The van der Waals surface area contributed by atoms with Crippen LogP contribution in [-0.4, -0.2) is 98.9 Å². The van der Waals surface area contributed by atoms with Gasteiger partial charge in [0, 0.05) is 13.0 Å². The summed E-state index contributed by atoms with van der Waals surface area (Å²) in [5.41, 5.74) is 0. The van der Waals surface area contributed by atoms with Gasteiger partial charge in [0.1, 0.15) is 42.7 Å². The quantitative estimate of drug-likeness (QED) is 0.0162. The molecule has 1 fully saturated rings. The maximum atomic E-state index is 12.8. The normalized spacial score (nSPS) is 23.7. The van der Waals surface area contributed by atoms with E-state index in [2.05, 4.69) is 111 Å². The zero-order valence-electron chi connectivity index (χ0n) is 34.8. The SMILES string of the molecule is CC/C=C\C/C=C\C/C=C\C/C=C\C/C=C\CCCCOCC(COP(=O)(O)OC1C(O)C(O)C(O)C(O)C1O)OC(=O)CCCCC/C=C\C/C=C\C/C=C\CC. The number of phosphoric ester groups is 1. The molecule has 0 aromatic carbocycles. The minimum absolute atomic E-state index is 0.125. The first-order valence-corrected chi connectivity index (χ1v) is 22.6. The van der Waals surface area contributed by atoms with E-state index in [1.54, 1.807) is 0 Å². The number of aliphatic hydroxyl groups is 5. The van der Waals surface area contributed by atoms with E-state index in [1.807, 2.05) is 0 Å². The van der Waals surface area contributed by atoms with Gasteiger partial charge in [-0.1, -0.05) is 117 Å². The average molecular weight is 837 g/mol. The molecule has 1 rings (SSSR count). The second kappa shape index (κ2) is 35.1. The van der Waals surface area contributed by atoms with E-state index in [0.29, 0.717) is 13.0 Å². The van der Waals surface area contributed by atoms with E-state index in [0.717, 1.165) is 89.9 Å². The minimum Gasteiger partial charge on any atom is -0.457 e. The molecule has 0 bridgehead atoms. The standard InChI is InChI=1S/C45H73O12P/c1-3-5-7-9-11-13-15-17-18-19-20-21-23-25-27-29-31-33-35-54-36-38(37-55-58(52,53)57-45-43(50)41(48)40(47)42(49)44(45)51)56-39(46)34-32-30-28-26-24-22-16-14-12-10-8-6-4-2/h5-8,11-14,17-18,20-22,24-25,27,38,40-45,47-51H,3-4,9-10,15-16,19,23,26,28-37H2,1-2H3,(H,52,53)/b7-5-,8-6-,13-11-,14-12-,18-17-,21-20-,24-22-,27-25-. The van der Waals surface area contributed by atoms with Crippen LogP contribution in [0.25, 0.3) is 0 Å². The summed E-state index contributed by atoms with van der Waals surface area (Å²) in [5.74, 6) is -0.527. The molecule has 0 spiro atoms. The van der Waals surface area contributed by atoms with E-state index in [4.69, 9.17) is 18.5 Å². The summed E-state index contributed by atoms with van der Waals surface area (Å²) >= 11 is 0. The molecule has 6 unspecified atom stereocenters. The lowest BCUT2D eigenvalue weighted by Gasteiger charge is -2.41. The number of ether oxygens (including phenoxy) is 2. The van der Waals surface area contributed by atoms with Crippen LogP contribution in [-0.2, 0) is 27.9 Å². The topological polar surface area (TPSA) is 192 Å². The number of unbranched alkanes of at least 4 members (excludes halogenated alkanes) is 5. The van der Waals surface area contributed by atoms with Gasteiger partial charge >= 0.3 is 13.8 Å². The largest absolute Gasteiger partial charge is 0.472 e. The summed E-state index contributed by atoms with van der Waals surface area (Å²) in [6.07, 6.45) is 34.9. The fourth-order valence-electron chi connectivity index (χ4n) is 5.63. The molecule has 1 saturated carbocycles. The lowest BCUT2D eigenvalue weighted by molar-refractivity contribution is -0.220. The van der Waals surface area contributed by atoms with Gasteiger partial charge in [-0.3, -0.25) is 13.8 Å². The highest BCUT2D eigenvalue weighted by Crippen LogP contribution is 2.47. The Kier molecular flexibility index (Phi) is 32.2. The molecule has 58 heavy (non-hydrogen) atoms. The molecule has 0 saturated heterocycles. The monoisotopic (exact) mass is 836 g/mol. The Bertz CT molecular complexity index is 1320. The maximum Gasteiger partial charge on any atom is 0.472 e. The molecule has 13 heteroatoms. The number of hydrogen-bond acceptors (Lipinski definition) is 11. The van der Waals surface area contributed by atoms with Crippen LogP contribution in [0.1, 0.15) is 117 Å². The number of phosphoric acid groups is 1. The third-order valence-corrected chi connectivity index (χ3v) is 9.94. The molecule has 0 aliphatic heterocycles. The first kappa shape index (κ1) is 53.3. The molecule has 0 amide bonds. The number of carbonyl (C=O) groups excluding carboxylic acids is 1. The van der Waals surface area contributed by atoms with Crippen molar-refractivity contribution in [1.29, 1.82) is 0 Å². The molecule has 12 nitrogen and oxygen atoms in total. The Morgan fingerprint density at radius 3 is 1.43 bits per heavy atom. The van der Waals surface area contributed by atoms with Gasteiger partial charge in [-0.05, 0) is 89.9 Å². The van der Waals surface area contributed by atoms with E-state index >= 15 is 0 Å². The molecule has 0 aromatic heterocycles. The van der Waals surface area contributed by atoms with Crippen LogP contribution in [0.3, 0.4) is 0 Å². The second-order valence-electron chi connectivity index (χ2n) is 14.1. The molecular formula is C45H73O12P. The first-order valence-electron chi connectivity index (χ1n) is 21.1. The second-order valence-corrected chi connectivity index (χ2v) is 15.5. The molecular weight excluding hydrogens is 763 g/mol. The van der Waals surface area contributed by atoms with Crippen molar-refractivity contribution in [1.82, 2.24) is 0 Å². The zero-order chi connectivity index (χ0) is 42.7. The summed E-state index contributed by atoms with van der Waals surface area (Å²) in [4.78, 5) is 23.1. The summed E-state index contributed by atoms with van der Waals surface area (Å²) in [5, 5.41) is 50.1. The molecule has 6 N–H and O–H groups in total. The van der Waals surface area contributed by atoms with Crippen molar-refractivity contribution in [2.24, 2.45) is 0 Å². The third-order valence-electron chi connectivity index (χ3n) is 8.95. The van der Waals surface area contributed by atoms with Crippen LogP contribution in [0.2, 0.25) is 0 Å². The van der Waals surface area contributed by atoms with Crippen molar-refractivity contribution in [3.05, 3.63) is 97.2 Å². The molecule has 6 atom stereocenters. The van der Waals surface area contributed by atoms with E-state index in [9.17, 15) is 39.8 Å². The van der Waals surface area contributed by atoms with Gasteiger partial charge in [-0.15, -0.1) is 0 Å². The van der Waals surface area contributed by atoms with Gasteiger partial charge < -0.3 is 39.9 Å². The average Bonchev–Trinajstić information content (AvgIpc) is 3.21. The van der Waals surface area contributed by atoms with Gasteiger partial charge in [0.15, 0.2) is 0 Å². The minimum atomic E-state index is -5.04. The smallest absolute Gasteiger partial charge is 0.457 e. The van der Waals surface area contributed by atoms with Gasteiger partial charge in [-0.25, -0.2) is 4.57 Å². The van der Waals surface area contributed by atoms with Crippen molar-refractivity contribution in [2.75, 3.05) is 19.8 Å². The number of rotatable bonds is 33. The maximum absolute atomic E-state index is 12.8. The van der Waals surface area contributed by atoms with Crippen molar-refractivity contribution in [3.8, 4) is 0 Å². The van der Waals surface area contributed by atoms with Crippen LogP contribution in [0.5, 0.6) is 0 Å². The van der Waals surface area contributed by atoms with Crippen LogP contribution >= 0.6 is 7.82 Å². The molecule has 1 aliphatic rings. The Labute approximate surface area is 347 Å². The fourth-order valence-corrected chi connectivity index (χ4v) is 6.60. The number of esters is 1. The van der Waals surface area contributed by atoms with Gasteiger partial charge in [0.2, 0.25) is 0 Å². The molecule has 330 valence electrons.